The van der Waals surface area contributed by atoms with Crippen LogP contribution in [0.4, 0.5) is 10.5 Å². The molecule has 5 nitrogen and oxygen atoms in total. The third-order valence-corrected chi connectivity index (χ3v) is 4.94. The molecule has 0 aliphatic heterocycles. The highest BCUT2D eigenvalue weighted by molar-refractivity contribution is 9.10. The number of nitrogens with one attached hydrogen (secondary N) is 3. The molecule has 0 unspecified atom stereocenters. The molecule has 0 aliphatic carbocycles. The first-order chi connectivity index (χ1) is 12.0. The quantitative estimate of drug-likeness (QED) is 0.591. The number of anilines is 1. The number of H-pyrrole nitrogens is 1. The minimum absolute atomic E-state index is 0.238. The second-order valence-corrected chi connectivity index (χ2v) is 6.62. The Morgan fingerprint density at radius 2 is 1.96 bits per heavy atom. The molecule has 0 atom stereocenters. The van der Waals surface area contributed by atoms with Crippen molar-refractivity contribution in [2.75, 3.05) is 5.32 Å². The van der Waals surface area contributed by atoms with Gasteiger partial charge in [-0.1, -0.05) is 36.4 Å². The fraction of sp³-hybridized carbons (Fsp3) is 0.158. The first-order valence-electron chi connectivity index (χ1n) is 7.95. The highest BCUT2D eigenvalue weighted by atomic mass is 79.9. The van der Waals surface area contributed by atoms with Gasteiger partial charge in [0.25, 0.3) is 0 Å². The summed E-state index contributed by atoms with van der Waals surface area (Å²) in [5.74, 6) is 0. The molecule has 0 saturated heterocycles. The number of carbonyl (C=O) groups is 1. The van der Waals surface area contributed by atoms with Crippen LogP contribution in [0.2, 0.25) is 0 Å². The summed E-state index contributed by atoms with van der Waals surface area (Å²) >= 11 is 3.53. The van der Waals surface area contributed by atoms with Gasteiger partial charge in [-0.15, -0.1) is 0 Å². The maximum Gasteiger partial charge on any atom is 0.319 e. The largest absolute Gasteiger partial charge is 0.334 e. The Morgan fingerprint density at radius 3 is 2.68 bits per heavy atom. The Labute approximate surface area is 155 Å². The normalized spacial score (nSPS) is 10.5. The van der Waals surface area contributed by atoms with Crippen molar-refractivity contribution in [1.82, 2.24) is 15.5 Å². The van der Waals surface area contributed by atoms with Crippen molar-refractivity contribution in [3.05, 3.63) is 69.8 Å². The number of aryl methyl sites for hydroxylation is 2. The van der Waals surface area contributed by atoms with E-state index in [0.29, 0.717) is 12.2 Å². The molecular weight excluding hydrogens is 380 g/mol. The van der Waals surface area contributed by atoms with Crippen LogP contribution < -0.4 is 10.6 Å². The van der Waals surface area contributed by atoms with Crippen molar-refractivity contribution in [3.8, 4) is 11.3 Å². The summed E-state index contributed by atoms with van der Waals surface area (Å²) in [6, 6.07) is 15.3. The summed E-state index contributed by atoms with van der Waals surface area (Å²) in [5, 5.41) is 13.0. The Balaban J connectivity index is 1.67. The third kappa shape index (κ3) is 4.09. The highest BCUT2D eigenvalue weighted by Crippen LogP contribution is 2.29. The molecule has 3 aromatic rings. The molecule has 2 amide bonds. The molecule has 1 aromatic heterocycles. The number of aromatic nitrogens is 2. The first kappa shape index (κ1) is 17.2. The van der Waals surface area contributed by atoms with Crippen molar-refractivity contribution < 1.29 is 4.79 Å². The molecule has 0 fully saturated rings. The number of urea groups is 1. The number of amides is 2. The summed E-state index contributed by atoms with van der Waals surface area (Å²) in [5.41, 5.74) is 5.68. The Kier molecular flexibility index (Phi) is 5.19. The summed E-state index contributed by atoms with van der Waals surface area (Å²) in [4.78, 5) is 12.2. The van der Waals surface area contributed by atoms with Gasteiger partial charge in [-0.25, -0.2) is 4.79 Å². The van der Waals surface area contributed by atoms with Gasteiger partial charge in [0.05, 0.1) is 4.47 Å². The van der Waals surface area contributed by atoms with E-state index in [0.717, 1.165) is 32.6 Å². The lowest BCUT2D eigenvalue weighted by Gasteiger charge is -2.10. The van der Waals surface area contributed by atoms with Crippen molar-refractivity contribution in [1.29, 1.82) is 0 Å². The molecule has 0 spiro atoms. The second-order valence-electron chi connectivity index (χ2n) is 5.83. The summed E-state index contributed by atoms with van der Waals surface area (Å²) in [6.45, 7) is 4.46. The molecule has 25 heavy (non-hydrogen) atoms. The fourth-order valence-electron chi connectivity index (χ4n) is 2.51. The van der Waals surface area contributed by atoms with Gasteiger partial charge in [0.1, 0.15) is 5.69 Å². The molecule has 1 heterocycles. The van der Waals surface area contributed by atoms with Crippen LogP contribution in [0.1, 0.15) is 16.8 Å². The third-order valence-electron chi connectivity index (χ3n) is 3.97. The maximum atomic E-state index is 12.2. The lowest BCUT2D eigenvalue weighted by molar-refractivity contribution is 0.251. The van der Waals surface area contributed by atoms with Gasteiger partial charge in [0.15, 0.2) is 0 Å². The lowest BCUT2D eigenvalue weighted by Crippen LogP contribution is -2.28. The molecule has 0 bridgehead atoms. The topological polar surface area (TPSA) is 69.8 Å². The monoisotopic (exact) mass is 398 g/mol. The minimum Gasteiger partial charge on any atom is -0.334 e. The average Bonchev–Trinajstić information content (AvgIpc) is 2.94. The van der Waals surface area contributed by atoms with E-state index in [1.165, 1.54) is 0 Å². The summed E-state index contributed by atoms with van der Waals surface area (Å²) < 4.78 is 0.925. The Hall–Kier alpha value is -2.60. The number of aromatic amines is 1. The maximum absolute atomic E-state index is 12.2. The fourth-order valence-corrected chi connectivity index (χ4v) is 2.92. The first-order valence-corrected chi connectivity index (χ1v) is 8.74. The number of carbonyl (C=O) groups excluding carboxylic acids is 1. The number of hydrogen-bond acceptors (Lipinski definition) is 2. The van der Waals surface area contributed by atoms with Gasteiger partial charge in [0.2, 0.25) is 0 Å². The van der Waals surface area contributed by atoms with Crippen molar-refractivity contribution in [2.45, 2.75) is 20.4 Å². The molecule has 0 radical (unpaired) electrons. The standard InChI is InChI=1S/C19H19BrN4O/c1-12-6-3-4-7-15(12)11-21-19(25)22-16-9-5-8-14(10-16)18-17(20)13(2)23-24-18/h3-10H,11H2,1-2H3,(H,23,24)(H2,21,22,25). The number of halogens is 1. The van der Waals surface area contributed by atoms with E-state index in [1.54, 1.807) is 0 Å². The van der Waals surface area contributed by atoms with Gasteiger partial charge >= 0.3 is 6.03 Å². The second kappa shape index (κ2) is 7.53. The predicted molar refractivity (Wildman–Crippen MR) is 103 cm³/mol. The van der Waals surface area contributed by atoms with Crippen LogP contribution in [0.15, 0.2) is 53.0 Å². The van der Waals surface area contributed by atoms with E-state index in [1.807, 2.05) is 62.4 Å². The van der Waals surface area contributed by atoms with E-state index < -0.39 is 0 Å². The van der Waals surface area contributed by atoms with E-state index in [2.05, 4.69) is 36.8 Å². The lowest BCUT2D eigenvalue weighted by atomic mass is 10.1. The summed E-state index contributed by atoms with van der Waals surface area (Å²) in [7, 11) is 0. The zero-order chi connectivity index (χ0) is 17.8. The number of hydrogen-bond donors (Lipinski definition) is 3. The molecule has 0 aliphatic rings. The van der Waals surface area contributed by atoms with E-state index >= 15 is 0 Å². The molecule has 2 aromatic carbocycles. The zero-order valence-electron chi connectivity index (χ0n) is 14.1. The average molecular weight is 399 g/mol. The molecule has 3 rings (SSSR count). The van der Waals surface area contributed by atoms with Crippen molar-refractivity contribution in [2.24, 2.45) is 0 Å². The summed E-state index contributed by atoms with van der Waals surface area (Å²) in [6.07, 6.45) is 0. The Morgan fingerprint density at radius 1 is 1.16 bits per heavy atom. The van der Waals surface area contributed by atoms with Crippen LogP contribution in [0.25, 0.3) is 11.3 Å². The van der Waals surface area contributed by atoms with Gasteiger partial charge in [-0.2, -0.15) is 5.10 Å². The van der Waals surface area contributed by atoms with E-state index in [4.69, 9.17) is 0 Å². The molecule has 6 heteroatoms. The van der Waals surface area contributed by atoms with Crippen LogP contribution in [0.5, 0.6) is 0 Å². The Bertz CT molecular complexity index is 904. The van der Waals surface area contributed by atoms with Gasteiger partial charge in [0, 0.05) is 23.5 Å². The van der Waals surface area contributed by atoms with E-state index in [9.17, 15) is 4.79 Å². The van der Waals surface area contributed by atoms with Crippen LogP contribution >= 0.6 is 15.9 Å². The number of rotatable bonds is 4. The highest BCUT2D eigenvalue weighted by Gasteiger charge is 2.11. The SMILES string of the molecule is Cc1ccccc1CNC(=O)Nc1cccc(-c2n[nH]c(C)c2Br)c1. The van der Waals surface area contributed by atoms with Crippen LogP contribution in [-0.2, 0) is 6.54 Å². The van der Waals surface area contributed by atoms with E-state index in [-0.39, 0.29) is 6.03 Å². The molecule has 3 N–H and O–H groups in total. The van der Waals surface area contributed by atoms with Crippen LogP contribution in [0, 0.1) is 13.8 Å². The van der Waals surface area contributed by atoms with Crippen LogP contribution in [-0.4, -0.2) is 16.2 Å². The van der Waals surface area contributed by atoms with Gasteiger partial charge in [-0.3, -0.25) is 5.10 Å². The zero-order valence-corrected chi connectivity index (χ0v) is 15.6. The smallest absolute Gasteiger partial charge is 0.319 e. The number of nitrogens with zero attached hydrogens (tertiary/aromatic N) is 1. The van der Waals surface area contributed by atoms with Crippen LogP contribution in [0.3, 0.4) is 0 Å². The molecule has 0 saturated carbocycles. The van der Waals surface area contributed by atoms with Gasteiger partial charge < -0.3 is 10.6 Å². The van der Waals surface area contributed by atoms with Crippen molar-refractivity contribution >= 4 is 27.6 Å². The number of benzene rings is 2. The molecule has 128 valence electrons. The van der Waals surface area contributed by atoms with Crippen molar-refractivity contribution in [3.63, 3.8) is 0 Å². The minimum atomic E-state index is -0.238. The molecular formula is C19H19BrN4O. The predicted octanol–water partition coefficient (Wildman–Crippen LogP) is 4.78. The van der Waals surface area contributed by atoms with Gasteiger partial charge in [-0.05, 0) is 53.0 Å².